The van der Waals surface area contributed by atoms with Crippen molar-refractivity contribution in [3.8, 4) is 5.69 Å². The second kappa shape index (κ2) is 6.77. The van der Waals surface area contributed by atoms with Gasteiger partial charge in [-0.2, -0.15) is 0 Å². The molecule has 134 valence electrons. The number of nitrogens with one attached hydrogen (secondary N) is 1. The molecule has 6 nitrogen and oxygen atoms in total. The second-order valence-electron chi connectivity index (χ2n) is 6.07. The Morgan fingerprint density at radius 1 is 1.07 bits per heavy atom. The van der Waals surface area contributed by atoms with Crippen LogP contribution >= 0.6 is 11.3 Å². The number of carbonyl (C=O) groups excluding carboxylic acids is 1. The second-order valence-corrected chi connectivity index (χ2v) is 7.27. The SMILES string of the molecule is Cc1nc(NC(=O)c2ccccc2-n2cnc3ccccc3c2=O)sc1C. The van der Waals surface area contributed by atoms with Crippen LogP contribution in [0.3, 0.4) is 0 Å². The summed E-state index contributed by atoms with van der Waals surface area (Å²) >= 11 is 1.42. The normalized spacial score (nSPS) is 10.9. The Morgan fingerprint density at radius 2 is 1.81 bits per heavy atom. The lowest BCUT2D eigenvalue weighted by Crippen LogP contribution is -2.22. The Kier molecular flexibility index (Phi) is 4.29. The van der Waals surface area contributed by atoms with Gasteiger partial charge in [0.05, 0.1) is 27.8 Å². The first-order valence-corrected chi connectivity index (χ1v) is 9.17. The van der Waals surface area contributed by atoms with E-state index in [-0.39, 0.29) is 11.5 Å². The molecular weight excluding hydrogens is 360 g/mol. The molecule has 2 aromatic carbocycles. The van der Waals surface area contributed by atoms with Crippen molar-refractivity contribution in [2.75, 3.05) is 5.32 Å². The first-order chi connectivity index (χ1) is 13.0. The van der Waals surface area contributed by atoms with Gasteiger partial charge in [0.15, 0.2) is 5.13 Å². The van der Waals surface area contributed by atoms with Crippen molar-refractivity contribution >= 4 is 33.3 Å². The zero-order valence-electron chi connectivity index (χ0n) is 14.8. The first kappa shape index (κ1) is 17.1. The molecule has 0 bridgehead atoms. The molecule has 0 aliphatic rings. The van der Waals surface area contributed by atoms with Crippen molar-refractivity contribution in [2.45, 2.75) is 13.8 Å². The van der Waals surface area contributed by atoms with Gasteiger partial charge >= 0.3 is 0 Å². The molecule has 1 N–H and O–H groups in total. The molecule has 0 fully saturated rings. The minimum atomic E-state index is -0.320. The van der Waals surface area contributed by atoms with Gasteiger partial charge in [-0.15, -0.1) is 11.3 Å². The number of carbonyl (C=O) groups is 1. The number of nitrogens with zero attached hydrogens (tertiary/aromatic N) is 3. The fraction of sp³-hybridized carbons (Fsp3) is 0.100. The number of aryl methyl sites for hydroxylation is 2. The summed E-state index contributed by atoms with van der Waals surface area (Å²) in [6, 6.07) is 14.1. The Balaban J connectivity index is 1.78. The summed E-state index contributed by atoms with van der Waals surface area (Å²) in [5.41, 5.74) is 2.14. The van der Waals surface area contributed by atoms with Gasteiger partial charge in [-0.05, 0) is 38.1 Å². The highest BCUT2D eigenvalue weighted by Crippen LogP contribution is 2.23. The van der Waals surface area contributed by atoms with Crippen LogP contribution in [0.4, 0.5) is 5.13 Å². The van der Waals surface area contributed by atoms with E-state index in [1.807, 2.05) is 19.9 Å². The minimum absolute atomic E-state index is 0.221. The van der Waals surface area contributed by atoms with E-state index < -0.39 is 0 Å². The Hall–Kier alpha value is -3.32. The van der Waals surface area contributed by atoms with E-state index in [4.69, 9.17) is 0 Å². The molecule has 4 aromatic rings. The van der Waals surface area contributed by atoms with Gasteiger partial charge in [-0.1, -0.05) is 24.3 Å². The Bertz CT molecular complexity index is 1210. The van der Waals surface area contributed by atoms with Gasteiger partial charge in [-0.25, -0.2) is 9.97 Å². The van der Waals surface area contributed by atoms with Crippen molar-refractivity contribution in [2.24, 2.45) is 0 Å². The lowest BCUT2D eigenvalue weighted by molar-refractivity contribution is 0.102. The average molecular weight is 376 g/mol. The highest BCUT2D eigenvalue weighted by molar-refractivity contribution is 7.15. The maximum absolute atomic E-state index is 12.9. The summed E-state index contributed by atoms with van der Waals surface area (Å²) in [4.78, 5) is 35.4. The van der Waals surface area contributed by atoms with Gasteiger partial charge in [0.1, 0.15) is 6.33 Å². The number of thiazole rings is 1. The van der Waals surface area contributed by atoms with Crippen LogP contribution in [-0.4, -0.2) is 20.4 Å². The largest absolute Gasteiger partial charge is 0.298 e. The molecule has 0 unspecified atom stereocenters. The van der Waals surface area contributed by atoms with E-state index in [0.29, 0.717) is 27.3 Å². The van der Waals surface area contributed by atoms with Crippen LogP contribution in [0.2, 0.25) is 0 Å². The highest BCUT2D eigenvalue weighted by atomic mass is 32.1. The standard InChI is InChI=1S/C20H16N4O2S/c1-12-13(2)27-20(22-12)23-18(25)15-8-4-6-10-17(15)24-11-21-16-9-5-3-7-14(16)19(24)26/h3-11H,1-2H3,(H,22,23,25). The van der Waals surface area contributed by atoms with Gasteiger partial charge in [0.25, 0.3) is 11.5 Å². The molecule has 0 aliphatic carbocycles. The molecule has 2 heterocycles. The lowest BCUT2D eigenvalue weighted by atomic mass is 10.1. The van der Waals surface area contributed by atoms with Crippen LogP contribution in [0.15, 0.2) is 59.7 Å². The quantitative estimate of drug-likeness (QED) is 0.591. The number of hydrogen-bond donors (Lipinski definition) is 1. The molecule has 27 heavy (non-hydrogen) atoms. The third-order valence-electron chi connectivity index (χ3n) is 4.32. The molecule has 4 rings (SSSR count). The molecule has 0 saturated heterocycles. The number of hydrogen-bond acceptors (Lipinski definition) is 5. The number of para-hydroxylation sites is 2. The highest BCUT2D eigenvalue weighted by Gasteiger charge is 2.16. The maximum Gasteiger partial charge on any atom is 0.265 e. The van der Waals surface area contributed by atoms with Gasteiger partial charge in [0, 0.05) is 4.88 Å². The summed E-state index contributed by atoms with van der Waals surface area (Å²) < 4.78 is 1.40. The van der Waals surface area contributed by atoms with Gasteiger partial charge < -0.3 is 0 Å². The van der Waals surface area contributed by atoms with E-state index in [1.165, 1.54) is 22.2 Å². The average Bonchev–Trinajstić information content (AvgIpc) is 2.99. The van der Waals surface area contributed by atoms with Gasteiger partial charge in [0.2, 0.25) is 0 Å². The predicted molar refractivity (Wildman–Crippen MR) is 107 cm³/mol. The number of aromatic nitrogens is 3. The molecule has 2 aromatic heterocycles. The van der Waals surface area contributed by atoms with Gasteiger partial charge in [-0.3, -0.25) is 19.5 Å². The summed E-state index contributed by atoms with van der Waals surface area (Å²) in [6.07, 6.45) is 1.45. The molecule has 0 saturated carbocycles. The number of fused-ring (bicyclic) bond motifs is 1. The number of benzene rings is 2. The first-order valence-electron chi connectivity index (χ1n) is 8.36. The summed E-state index contributed by atoms with van der Waals surface area (Å²) in [5, 5.41) is 3.86. The van der Waals surface area contributed by atoms with Crippen LogP contribution in [0, 0.1) is 13.8 Å². The van der Waals surface area contributed by atoms with Crippen molar-refractivity contribution in [1.82, 2.24) is 14.5 Å². The van der Waals surface area contributed by atoms with Crippen LogP contribution in [0.1, 0.15) is 20.9 Å². The summed E-state index contributed by atoms with van der Waals surface area (Å²) in [6.45, 7) is 3.85. The van der Waals surface area contributed by atoms with Crippen molar-refractivity contribution in [1.29, 1.82) is 0 Å². The molecule has 7 heteroatoms. The Morgan fingerprint density at radius 3 is 2.59 bits per heavy atom. The van der Waals surface area contributed by atoms with Crippen LogP contribution < -0.4 is 10.9 Å². The van der Waals surface area contributed by atoms with Crippen LogP contribution in [0.25, 0.3) is 16.6 Å². The van der Waals surface area contributed by atoms with Crippen molar-refractivity contribution in [3.63, 3.8) is 0 Å². The smallest absolute Gasteiger partial charge is 0.265 e. The lowest BCUT2D eigenvalue weighted by Gasteiger charge is -2.11. The van der Waals surface area contributed by atoms with Crippen LogP contribution in [0.5, 0.6) is 0 Å². The van der Waals surface area contributed by atoms with E-state index in [0.717, 1.165) is 10.6 Å². The minimum Gasteiger partial charge on any atom is -0.298 e. The van der Waals surface area contributed by atoms with E-state index >= 15 is 0 Å². The third kappa shape index (κ3) is 3.13. The number of amides is 1. The fourth-order valence-electron chi connectivity index (χ4n) is 2.81. The fourth-order valence-corrected chi connectivity index (χ4v) is 3.62. The van der Waals surface area contributed by atoms with Crippen molar-refractivity contribution in [3.05, 3.63) is 81.3 Å². The molecule has 1 amide bonds. The topological polar surface area (TPSA) is 76.9 Å². The Labute approximate surface area is 159 Å². The molecule has 0 radical (unpaired) electrons. The van der Waals surface area contributed by atoms with E-state index in [9.17, 15) is 9.59 Å². The predicted octanol–water partition coefficient (Wildman–Crippen LogP) is 3.71. The zero-order chi connectivity index (χ0) is 19.0. The summed E-state index contributed by atoms with van der Waals surface area (Å²) in [5.74, 6) is -0.320. The third-order valence-corrected chi connectivity index (χ3v) is 5.31. The molecule has 0 spiro atoms. The number of rotatable bonds is 3. The molecule has 0 aliphatic heterocycles. The van der Waals surface area contributed by atoms with E-state index in [2.05, 4.69) is 15.3 Å². The van der Waals surface area contributed by atoms with Crippen LogP contribution in [-0.2, 0) is 0 Å². The van der Waals surface area contributed by atoms with E-state index in [1.54, 1.807) is 42.5 Å². The molecular formula is C20H16N4O2S. The zero-order valence-corrected chi connectivity index (χ0v) is 15.6. The maximum atomic E-state index is 12.9. The van der Waals surface area contributed by atoms with Crippen molar-refractivity contribution < 1.29 is 4.79 Å². The molecule has 0 atom stereocenters. The monoisotopic (exact) mass is 376 g/mol. The number of anilines is 1. The summed E-state index contributed by atoms with van der Waals surface area (Å²) in [7, 11) is 0.